The molecule has 0 saturated carbocycles. The van der Waals surface area contributed by atoms with Gasteiger partial charge in [-0.3, -0.25) is 0 Å². The van der Waals surface area contributed by atoms with Crippen molar-refractivity contribution in [2.24, 2.45) is 0 Å². The number of nitrogens with one attached hydrogen (secondary N) is 1. The minimum Gasteiger partial charge on any atom is -0.388 e. The molecule has 0 fully saturated rings. The Balaban J connectivity index is 1.69. The Labute approximate surface area is 162 Å². The highest BCUT2D eigenvalue weighted by Gasteiger charge is 2.10. The number of anilines is 1. The maximum atomic E-state index is 3.35. The van der Waals surface area contributed by atoms with Crippen molar-refractivity contribution in [3.05, 3.63) is 91.0 Å². The molecule has 5 rings (SSSR count). The monoisotopic (exact) mass is 365 g/mol. The van der Waals surface area contributed by atoms with Gasteiger partial charge < -0.3 is 5.32 Å². The molecule has 2 heteroatoms. The summed E-state index contributed by atoms with van der Waals surface area (Å²) in [5, 5.41) is 6.03. The van der Waals surface area contributed by atoms with Crippen LogP contribution in [0.3, 0.4) is 0 Å². The van der Waals surface area contributed by atoms with E-state index in [1.165, 1.54) is 42.4 Å². The van der Waals surface area contributed by atoms with Gasteiger partial charge in [0.05, 0.1) is 0 Å². The van der Waals surface area contributed by atoms with Crippen molar-refractivity contribution >= 4 is 37.2 Å². The average molecular weight is 366 g/mol. The Morgan fingerprint density at radius 3 is 2.19 bits per heavy atom. The van der Waals surface area contributed by atoms with Gasteiger partial charge in [-0.05, 0) is 41.0 Å². The van der Waals surface area contributed by atoms with Crippen LogP contribution >= 0.6 is 11.3 Å². The van der Waals surface area contributed by atoms with Crippen LogP contribution in [0.15, 0.2) is 91.0 Å². The van der Waals surface area contributed by atoms with Crippen molar-refractivity contribution in [3.63, 3.8) is 0 Å². The first kappa shape index (κ1) is 16.1. The SMILES string of the molecule is CNc1ccc(-c2ccccc2)cc1-c1ccc2c(c1)sc1ccccc12. The molecule has 0 saturated heterocycles. The second-order valence-electron chi connectivity index (χ2n) is 6.69. The van der Waals surface area contributed by atoms with E-state index in [0.29, 0.717) is 0 Å². The van der Waals surface area contributed by atoms with Crippen molar-refractivity contribution in [3.8, 4) is 22.3 Å². The topological polar surface area (TPSA) is 12.0 Å². The highest BCUT2D eigenvalue weighted by Crippen LogP contribution is 2.38. The molecule has 0 unspecified atom stereocenters. The third-order valence-electron chi connectivity index (χ3n) is 5.09. The minimum absolute atomic E-state index is 1.15. The van der Waals surface area contributed by atoms with E-state index in [1.807, 2.05) is 18.4 Å². The van der Waals surface area contributed by atoms with Gasteiger partial charge in [0.15, 0.2) is 0 Å². The molecule has 0 aliphatic carbocycles. The number of fused-ring (bicyclic) bond motifs is 3. The molecule has 0 radical (unpaired) electrons. The lowest BCUT2D eigenvalue weighted by Gasteiger charge is -2.12. The Hall–Kier alpha value is -3.10. The normalized spacial score (nSPS) is 11.1. The second kappa shape index (κ2) is 6.57. The van der Waals surface area contributed by atoms with Crippen LogP contribution in [0, 0.1) is 0 Å². The van der Waals surface area contributed by atoms with Gasteiger partial charge in [-0.2, -0.15) is 0 Å². The summed E-state index contributed by atoms with van der Waals surface area (Å²) in [5.41, 5.74) is 6.11. The van der Waals surface area contributed by atoms with Gasteiger partial charge in [0.2, 0.25) is 0 Å². The predicted octanol–water partition coefficient (Wildman–Crippen LogP) is 7.43. The molecule has 1 aromatic heterocycles. The number of benzene rings is 4. The fourth-order valence-corrected chi connectivity index (χ4v) is 4.85. The summed E-state index contributed by atoms with van der Waals surface area (Å²) >= 11 is 1.86. The van der Waals surface area contributed by atoms with Crippen LogP contribution in [0.2, 0.25) is 0 Å². The van der Waals surface area contributed by atoms with Gasteiger partial charge in [0.25, 0.3) is 0 Å². The van der Waals surface area contributed by atoms with E-state index in [2.05, 4.69) is 96.3 Å². The summed E-state index contributed by atoms with van der Waals surface area (Å²) in [4.78, 5) is 0. The fourth-order valence-electron chi connectivity index (χ4n) is 3.70. The fraction of sp³-hybridized carbons (Fsp3) is 0.0400. The third-order valence-corrected chi connectivity index (χ3v) is 6.22. The van der Waals surface area contributed by atoms with Crippen LogP contribution in [0.4, 0.5) is 5.69 Å². The van der Waals surface area contributed by atoms with Crippen LogP contribution in [-0.4, -0.2) is 7.05 Å². The molecule has 0 aliphatic rings. The van der Waals surface area contributed by atoms with E-state index in [0.717, 1.165) is 5.69 Å². The van der Waals surface area contributed by atoms with Gasteiger partial charge in [0.1, 0.15) is 0 Å². The van der Waals surface area contributed by atoms with Gasteiger partial charge >= 0.3 is 0 Å². The quantitative estimate of drug-likeness (QED) is 0.350. The lowest BCUT2D eigenvalue weighted by Crippen LogP contribution is -1.92. The molecule has 0 aliphatic heterocycles. The Bertz CT molecular complexity index is 1250. The van der Waals surface area contributed by atoms with E-state index in [-0.39, 0.29) is 0 Å². The van der Waals surface area contributed by atoms with Crippen LogP contribution in [0.5, 0.6) is 0 Å². The minimum atomic E-state index is 1.15. The molecule has 1 heterocycles. The second-order valence-corrected chi connectivity index (χ2v) is 7.77. The molecular formula is C25H19NS. The molecule has 0 atom stereocenters. The highest BCUT2D eigenvalue weighted by atomic mass is 32.1. The zero-order valence-electron chi connectivity index (χ0n) is 15.1. The maximum Gasteiger partial charge on any atom is 0.0417 e. The Kier molecular flexibility index (Phi) is 3.92. The summed E-state index contributed by atoms with van der Waals surface area (Å²) in [5.74, 6) is 0. The van der Waals surface area contributed by atoms with E-state index in [1.54, 1.807) is 0 Å². The Morgan fingerprint density at radius 2 is 1.33 bits per heavy atom. The van der Waals surface area contributed by atoms with Gasteiger partial charge in [-0.25, -0.2) is 0 Å². The van der Waals surface area contributed by atoms with Crippen LogP contribution in [-0.2, 0) is 0 Å². The standard InChI is InChI=1S/C25H19NS/c1-26-23-14-12-18(17-7-3-2-4-8-17)15-22(23)19-11-13-21-20-9-5-6-10-24(20)27-25(21)16-19/h2-16,26H,1H3. The summed E-state index contributed by atoms with van der Waals surface area (Å²) in [6, 6.07) is 32.7. The molecule has 1 nitrogen and oxygen atoms in total. The molecule has 1 N–H and O–H groups in total. The zero-order valence-corrected chi connectivity index (χ0v) is 15.9. The van der Waals surface area contributed by atoms with Crippen molar-refractivity contribution in [2.75, 3.05) is 12.4 Å². The summed E-state index contributed by atoms with van der Waals surface area (Å²) in [7, 11) is 1.99. The van der Waals surface area contributed by atoms with E-state index in [9.17, 15) is 0 Å². The molecular weight excluding hydrogens is 346 g/mol. The summed E-state index contributed by atoms with van der Waals surface area (Å²) in [6.07, 6.45) is 0. The smallest absolute Gasteiger partial charge is 0.0417 e. The first-order chi connectivity index (χ1) is 13.3. The van der Waals surface area contributed by atoms with Crippen LogP contribution in [0.1, 0.15) is 0 Å². The van der Waals surface area contributed by atoms with Crippen molar-refractivity contribution in [1.82, 2.24) is 0 Å². The van der Waals surface area contributed by atoms with Crippen molar-refractivity contribution < 1.29 is 0 Å². The molecule has 5 aromatic rings. The molecule has 4 aromatic carbocycles. The zero-order chi connectivity index (χ0) is 18.2. The van der Waals surface area contributed by atoms with Gasteiger partial charge in [-0.15, -0.1) is 11.3 Å². The first-order valence-corrected chi connectivity index (χ1v) is 9.94. The number of hydrogen-bond acceptors (Lipinski definition) is 2. The van der Waals surface area contributed by atoms with Crippen molar-refractivity contribution in [2.45, 2.75) is 0 Å². The van der Waals surface area contributed by atoms with Gasteiger partial charge in [0, 0.05) is 38.5 Å². The molecule has 0 bridgehead atoms. The first-order valence-electron chi connectivity index (χ1n) is 9.12. The number of thiophene rings is 1. The molecule has 0 amide bonds. The number of hydrogen-bond donors (Lipinski definition) is 1. The largest absolute Gasteiger partial charge is 0.388 e. The lowest BCUT2D eigenvalue weighted by atomic mass is 9.96. The Morgan fingerprint density at radius 1 is 0.593 bits per heavy atom. The van der Waals surface area contributed by atoms with Crippen LogP contribution in [0.25, 0.3) is 42.4 Å². The van der Waals surface area contributed by atoms with Crippen LogP contribution < -0.4 is 5.32 Å². The lowest BCUT2D eigenvalue weighted by molar-refractivity contribution is 1.50. The highest BCUT2D eigenvalue weighted by molar-refractivity contribution is 7.25. The summed E-state index contributed by atoms with van der Waals surface area (Å²) < 4.78 is 2.68. The van der Waals surface area contributed by atoms with Crippen molar-refractivity contribution in [1.29, 1.82) is 0 Å². The molecule has 0 spiro atoms. The number of rotatable bonds is 3. The predicted molar refractivity (Wildman–Crippen MR) is 120 cm³/mol. The van der Waals surface area contributed by atoms with Gasteiger partial charge in [-0.1, -0.05) is 66.7 Å². The van der Waals surface area contributed by atoms with E-state index in [4.69, 9.17) is 0 Å². The maximum absolute atomic E-state index is 3.35. The third kappa shape index (κ3) is 2.79. The molecule has 130 valence electrons. The molecule has 27 heavy (non-hydrogen) atoms. The average Bonchev–Trinajstić information content (AvgIpc) is 3.11. The van der Waals surface area contributed by atoms with E-state index >= 15 is 0 Å². The summed E-state index contributed by atoms with van der Waals surface area (Å²) in [6.45, 7) is 0. The van der Waals surface area contributed by atoms with E-state index < -0.39 is 0 Å².